The summed E-state index contributed by atoms with van der Waals surface area (Å²) in [7, 11) is 0. The van der Waals surface area contributed by atoms with Crippen LogP contribution in [0, 0.1) is 11.3 Å². The van der Waals surface area contributed by atoms with E-state index >= 15 is 0 Å². The molecule has 0 saturated heterocycles. The fourth-order valence-corrected chi connectivity index (χ4v) is 5.11. The molecule has 0 aromatic heterocycles. The smallest absolute Gasteiger partial charge is 0.309 e. The Morgan fingerprint density at radius 3 is 2.70 bits per heavy atom. The predicted molar refractivity (Wildman–Crippen MR) is 82.1 cm³/mol. The number of aliphatic carboxylic acids is 1. The van der Waals surface area contributed by atoms with Crippen LogP contribution >= 0.6 is 11.8 Å². The Morgan fingerprint density at radius 2 is 2.05 bits per heavy atom. The highest BCUT2D eigenvalue weighted by Gasteiger charge is 2.43. The molecule has 1 heterocycles. The van der Waals surface area contributed by atoms with Gasteiger partial charge in [0.05, 0.1) is 5.41 Å². The van der Waals surface area contributed by atoms with Crippen molar-refractivity contribution in [2.75, 3.05) is 0 Å². The maximum absolute atomic E-state index is 11.8. The summed E-state index contributed by atoms with van der Waals surface area (Å²) in [6, 6.07) is 8.50. The van der Waals surface area contributed by atoms with Crippen LogP contribution in [0.1, 0.15) is 44.6 Å². The summed E-state index contributed by atoms with van der Waals surface area (Å²) in [6.45, 7) is 2.24. The molecular formula is C17H22O2S. The number of carboxylic acid groups (broad SMARTS) is 1. The maximum atomic E-state index is 11.8. The van der Waals surface area contributed by atoms with E-state index in [1.165, 1.54) is 10.5 Å². The second-order valence-electron chi connectivity index (χ2n) is 6.52. The number of fused-ring (bicyclic) bond motifs is 1. The minimum absolute atomic E-state index is 0.442. The number of thioether (sulfide) groups is 1. The van der Waals surface area contributed by atoms with E-state index in [1.54, 1.807) is 0 Å². The van der Waals surface area contributed by atoms with Crippen molar-refractivity contribution in [3.63, 3.8) is 0 Å². The van der Waals surface area contributed by atoms with E-state index in [0.29, 0.717) is 11.2 Å². The van der Waals surface area contributed by atoms with Gasteiger partial charge >= 0.3 is 5.97 Å². The molecule has 2 aliphatic rings. The fraction of sp³-hybridized carbons (Fsp3) is 0.588. The molecule has 0 bridgehead atoms. The molecule has 1 unspecified atom stereocenters. The van der Waals surface area contributed by atoms with Gasteiger partial charge in [0, 0.05) is 10.1 Å². The van der Waals surface area contributed by atoms with E-state index in [-0.39, 0.29) is 0 Å². The zero-order valence-electron chi connectivity index (χ0n) is 12.0. The Hall–Kier alpha value is -0.960. The van der Waals surface area contributed by atoms with Crippen LogP contribution in [0.25, 0.3) is 0 Å². The quantitative estimate of drug-likeness (QED) is 0.898. The van der Waals surface area contributed by atoms with Gasteiger partial charge in [-0.3, -0.25) is 4.79 Å². The molecule has 3 rings (SSSR count). The molecule has 2 nitrogen and oxygen atoms in total. The van der Waals surface area contributed by atoms with Crippen molar-refractivity contribution in [3.8, 4) is 0 Å². The number of benzene rings is 1. The Labute approximate surface area is 125 Å². The van der Waals surface area contributed by atoms with Crippen molar-refractivity contribution in [2.24, 2.45) is 11.3 Å². The van der Waals surface area contributed by atoms with Crippen molar-refractivity contribution in [3.05, 3.63) is 29.8 Å². The zero-order valence-corrected chi connectivity index (χ0v) is 12.8. The Kier molecular flexibility index (Phi) is 3.80. The van der Waals surface area contributed by atoms with Gasteiger partial charge in [-0.2, -0.15) is 0 Å². The summed E-state index contributed by atoms with van der Waals surface area (Å²) < 4.78 is 0. The Morgan fingerprint density at radius 1 is 1.35 bits per heavy atom. The molecule has 1 saturated carbocycles. The Balaban J connectivity index is 1.72. The van der Waals surface area contributed by atoms with Crippen LogP contribution in [0.5, 0.6) is 0 Å². The van der Waals surface area contributed by atoms with Gasteiger partial charge in [-0.15, -0.1) is 11.8 Å². The first kappa shape index (κ1) is 14.0. The first-order valence-electron chi connectivity index (χ1n) is 7.57. The minimum Gasteiger partial charge on any atom is -0.481 e. The highest BCUT2D eigenvalue weighted by atomic mass is 32.2. The summed E-state index contributed by atoms with van der Waals surface area (Å²) in [6.07, 6.45) is 5.71. The number of carboxylic acids is 1. The molecule has 1 fully saturated rings. The van der Waals surface area contributed by atoms with Crippen LogP contribution in [-0.4, -0.2) is 16.3 Å². The SMILES string of the molecule is CC1CCC(CC2Cc3ccccc3S2)(C(=O)O)CC1. The molecule has 0 amide bonds. The van der Waals surface area contributed by atoms with Crippen molar-refractivity contribution in [2.45, 2.75) is 55.6 Å². The number of rotatable bonds is 3. The molecule has 1 aliphatic heterocycles. The molecular weight excluding hydrogens is 268 g/mol. The lowest BCUT2D eigenvalue weighted by Gasteiger charge is -2.37. The molecule has 1 aromatic carbocycles. The molecule has 0 spiro atoms. The van der Waals surface area contributed by atoms with E-state index in [1.807, 2.05) is 11.8 Å². The van der Waals surface area contributed by atoms with Crippen molar-refractivity contribution < 1.29 is 9.90 Å². The summed E-state index contributed by atoms with van der Waals surface area (Å²) in [5, 5.41) is 10.2. The third-order valence-corrected chi connectivity index (χ3v) is 6.34. The van der Waals surface area contributed by atoms with Gasteiger partial charge in [-0.05, 0) is 56.1 Å². The van der Waals surface area contributed by atoms with Crippen LogP contribution in [-0.2, 0) is 11.2 Å². The highest BCUT2D eigenvalue weighted by Crippen LogP contribution is 2.48. The van der Waals surface area contributed by atoms with Crippen molar-refractivity contribution in [1.82, 2.24) is 0 Å². The standard InChI is InChI=1S/C17H22O2S/c1-12-6-8-17(9-7-12,16(18)19)11-14-10-13-4-2-3-5-15(13)20-14/h2-5,12,14H,6-11H2,1H3,(H,18,19). The molecule has 20 heavy (non-hydrogen) atoms. The van der Waals surface area contributed by atoms with Crippen molar-refractivity contribution >= 4 is 17.7 Å². The number of hydrogen-bond acceptors (Lipinski definition) is 2. The summed E-state index contributed by atoms with van der Waals surface area (Å²) in [5.41, 5.74) is 0.930. The third kappa shape index (κ3) is 2.60. The topological polar surface area (TPSA) is 37.3 Å². The lowest BCUT2D eigenvalue weighted by Crippen LogP contribution is -2.37. The van der Waals surface area contributed by atoms with E-state index in [9.17, 15) is 9.90 Å². The molecule has 1 N–H and O–H groups in total. The van der Waals surface area contributed by atoms with E-state index in [2.05, 4.69) is 31.2 Å². The second kappa shape index (κ2) is 5.44. The average molecular weight is 290 g/mol. The van der Waals surface area contributed by atoms with Crippen molar-refractivity contribution in [1.29, 1.82) is 0 Å². The van der Waals surface area contributed by atoms with Crippen LogP contribution in [0.15, 0.2) is 29.2 Å². The van der Waals surface area contributed by atoms with Crippen LogP contribution in [0.4, 0.5) is 0 Å². The summed E-state index contributed by atoms with van der Waals surface area (Å²) in [4.78, 5) is 13.2. The van der Waals surface area contributed by atoms with E-state index in [0.717, 1.165) is 38.5 Å². The maximum Gasteiger partial charge on any atom is 0.309 e. The third-order valence-electron chi connectivity index (χ3n) is 5.02. The lowest BCUT2D eigenvalue weighted by molar-refractivity contribution is -0.152. The molecule has 1 atom stereocenters. The van der Waals surface area contributed by atoms with Gasteiger partial charge in [0.15, 0.2) is 0 Å². The second-order valence-corrected chi connectivity index (χ2v) is 7.87. The first-order chi connectivity index (χ1) is 9.59. The molecule has 3 heteroatoms. The molecule has 1 aromatic rings. The van der Waals surface area contributed by atoms with Gasteiger partial charge in [-0.1, -0.05) is 25.1 Å². The zero-order chi connectivity index (χ0) is 14.2. The number of hydrogen-bond donors (Lipinski definition) is 1. The molecule has 1 aliphatic carbocycles. The monoisotopic (exact) mass is 290 g/mol. The largest absolute Gasteiger partial charge is 0.481 e. The Bertz CT molecular complexity index is 478. The first-order valence-corrected chi connectivity index (χ1v) is 8.45. The number of carbonyl (C=O) groups is 1. The molecule has 108 valence electrons. The van der Waals surface area contributed by atoms with Crippen LogP contribution in [0.3, 0.4) is 0 Å². The summed E-state index contributed by atoms with van der Waals surface area (Å²) >= 11 is 1.88. The predicted octanol–water partition coefficient (Wildman–Crippen LogP) is 4.37. The molecule has 0 radical (unpaired) electrons. The van der Waals surface area contributed by atoms with Crippen LogP contribution in [0.2, 0.25) is 0 Å². The highest BCUT2D eigenvalue weighted by molar-refractivity contribution is 8.00. The van der Waals surface area contributed by atoms with E-state index in [4.69, 9.17) is 0 Å². The normalized spacial score (nSPS) is 32.9. The lowest BCUT2D eigenvalue weighted by atomic mass is 9.68. The summed E-state index contributed by atoms with van der Waals surface area (Å²) in [5.74, 6) is 0.122. The van der Waals surface area contributed by atoms with Gasteiger partial charge in [-0.25, -0.2) is 0 Å². The van der Waals surface area contributed by atoms with Gasteiger partial charge < -0.3 is 5.11 Å². The van der Waals surface area contributed by atoms with Gasteiger partial charge in [0.1, 0.15) is 0 Å². The average Bonchev–Trinajstić information content (AvgIpc) is 2.83. The van der Waals surface area contributed by atoms with E-state index < -0.39 is 11.4 Å². The van der Waals surface area contributed by atoms with Crippen LogP contribution < -0.4 is 0 Å². The minimum atomic E-state index is -0.569. The van der Waals surface area contributed by atoms with Gasteiger partial charge in [0.2, 0.25) is 0 Å². The van der Waals surface area contributed by atoms with Gasteiger partial charge in [0.25, 0.3) is 0 Å². The fourth-order valence-electron chi connectivity index (χ4n) is 3.62.